The number of rotatable bonds is 9. The summed E-state index contributed by atoms with van der Waals surface area (Å²) >= 11 is 0. The van der Waals surface area contributed by atoms with Gasteiger partial charge in [-0.25, -0.2) is 0 Å². The molecule has 0 fully saturated rings. The first kappa shape index (κ1) is 20.0. The molecule has 1 heterocycles. The van der Waals surface area contributed by atoms with E-state index in [2.05, 4.69) is 15.3 Å². The fraction of sp³-hybridized carbons (Fsp3) is 0.250. The second-order valence-corrected chi connectivity index (χ2v) is 5.67. The molecule has 0 spiro atoms. The van der Waals surface area contributed by atoms with Crippen LogP contribution in [0.25, 0.3) is 11.4 Å². The first-order valence-electron chi connectivity index (χ1n) is 8.61. The smallest absolute Gasteiger partial charge is 0.267 e. The number of ether oxygens (including phenoxy) is 4. The van der Waals surface area contributed by atoms with Crippen molar-refractivity contribution in [1.82, 2.24) is 10.1 Å². The zero-order valence-electron chi connectivity index (χ0n) is 16.5. The highest BCUT2D eigenvalue weighted by Gasteiger charge is 2.12. The Morgan fingerprint density at radius 2 is 1.72 bits per heavy atom. The van der Waals surface area contributed by atoms with Gasteiger partial charge in [-0.1, -0.05) is 16.4 Å². The minimum Gasteiger partial charge on any atom is -0.493 e. The summed E-state index contributed by atoms with van der Waals surface area (Å²) < 4.78 is 26.3. The van der Waals surface area contributed by atoms with Crippen LogP contribution < -0.4 is 18.9 Å². The molecule has 2 aromatic carbocycles. The molecule has 0 radical (unpaired) electrons. The molecule has 0 unspecified atom stereocenters. The molecule has 0 saturated heterocycles. The first-order valence-corrected chi connectivity index (χ1v) is 8.61. The summed E-state index contributed by atoms with van der Waals surface area (Å²) in [5, 5.41) is 7.88. The number of hydrogen-bond acceptors (Lipinski definition) is 9. The van der Waals surface area contributed by atoms with Crippen LogP contribution in [0, 0.1) is 0 Å². The molecule has 0 bridgehead atoms. The summed E-state index contributed by atoms with van der Waals surface area (Å²) in [6.07, 6.45) is 1.52. The fourth-order valence-corrected chi connectivity index (χ4v) is 2.61. The van der Waals surface area contributed by atoms with Crippen LogP contribution in [0.1, 0.15) is 11.5 Å². The Labute approximate surface area is 167 Å². The zero-order chi connectivity index (χ0) is 20.6. The number of benzene rings is 2. The van der Waals surface area contributed by atoms with Gasteiger partial charge in [0, 0.05) is 11.1 Å². The predicted molar refractivity (Wildman–Crippen MR) is 105 cm³/mol. The van der Waals surface area contributed by atoms with Crippen molar-refractivity contribution in [2.45, 2.75) is 6.61 Å². The summed E-state index contributed by atoms with van der Waals surface area (Å²) in [4.78, 5) is 9.56. The number of methoxy groups -OCH3 is 4. The van der Waals surface area contributed by atoms with Crippen LogP contribution in [0.4, 0.5) is 0 Å². The summed E-state index contributed by atoms with van der Waals surface area (Å²) in [7, 11) is 6.26. The topological polar surface area (TPSA) is 97.4 Å². The summed E-state index contributed by atoms with van der Waals surface area (Å²) in [5.74, 6) is 3.05. The van der Waals surface area contributed by atoms with Gasteiger partial charge in [-0.15, -0.1) is 0 Å². The second-order valence-electron chi connectivity index (χ2n) is 5.67. The predicted octanol–water partition coefficient (Wildman–Crippen LogP) is 3.32. The molecule has 0 aliphatic carbocycles. The van der Waals surface area contributed by atoms with Crippen LogP contribution in [-0.2, 0) is 11.4 Å². The van der Waals surface area contributed by atoms with Crippen molar-refractivity contribution in [2.75, 3.05) is 28.4 Å². The Morgan fingerprint density at radius 1 is 0.931 bits per heavy atom. The Morgan fingerprint density at radius 3 is 2.45 bits per heavy atom. The lowest BCUT2D eigenvalue weighted by atomic mass is 10.2. The highest BCUT2D eigenvalue weighted by molar-refractivity contribution is 5.84. The number of nitrogens with zero attached hydrogens (tertiary/aromatic N) is 3. The van der Waals surface area contributed by atoms with Gasteiger partial charge in [0.25, 0.3) is 5.89 Å². The number of para-hydroxylation sites is 1. The Bertz CT molecular complexity index is 986. The van der Waals surface area contributed by atoms with E-state index < -0.39 is 0 Å². The van der Waals surface area contributed by atoms with Gasteiger partial charge >= 0.3 is 0 Å². The third-order valence-corrected chi connectivity index (χ3v) is 4.00. The standard InChI is InChI=1S/C20H21N3O6/c1-24-15-9-8-13(10-17(15)26-3)20-22-18(29-23-20)12-28-21-11-14-6-5-7-16(25-2)19(14)27-4/h5-11H,12H2,1-4H3/b21-11-. The quantitative estimate of drug-likeness (QED) is 0.399. The Hall–Kier alpha value is -3.75. The van der Waals surface area contributed by atoms with E-state index in [9.17, 15) is 0 Å². The summed E-state index contributed by atoms with van der Waals surface area (Å²) in [5.41, 5.74) is 1.44. The largest absolute Gasteiger partial charge is 0.493 e. The minimum absolute atomic E-state index is 0.0169. The van der Waals surface area contributed by atoms with E-state index in [0.717, 1.165) is 5.56 Å². The average molecular weight is 399 g/mol. The maximum absolute atomic E-state index is 5.34. The van der Waals surface area contributed by atoms with E-state index >= 15 is 0 Å². The van der Waals surface area contributed by atoms with Crippen molar-refractivity contribution in [1.29, 1.82) is 0 Å². The average Bonchev–Trinajstić information content (AvgIpc) is 3.24. The molecule has 3 rings (SSSR count). The van der Waals surface area contributed by atoms with Gasteiger partial charge in [0.1, 0.15) is 0 Å². The normalized spacial score (nSPS) is 10.8. The molecule has 29 heavy (non-hydrogen) atoms. The molecule has 0 saturated carbocycles. The van der Waals surface area contributed by atoms with Crippen LogP contribution in [0.5, 0.6) is 23.0 Å². The third-order valence-electron chi connectivity index (χ3n) is 4.00. The molecular formula is C20H21N3O6. The molecule has 1 aromatic heterocycles. The molecule has 3 aromatic rings. The SMILES string of the molecule is COc1ccc(-c2noc(CO/N=C\c3cccc(OC)c3OC)n2)cc1OC. The molecular weight excluding hydrogens is 378 g/mol. The zero-order valence-corrected chi connectivity index (χ0v) is 16.5. The summed E-state index contributed by atoms with van der Waals surface area (Å²) in [6.45, 7) is 0.0169. The Kier molecular flexibility index (Phi) is 6.51. The van der Waals surface area contributed by atoms with E-state index in [-0.39, 0.29) is 12.5 Å². The Balaban J connectivity index is 1.65. The van der Waals surface area contributed by atoms with Crippen molar-refractivity contribution in [3.8, 4) is 34.4 Å². The van der Waals surface area contributed by atoms with E-state index in [1.54, 1.807) is 46.6 Å². The lowest BCUT2D eigenvalue weighted by Crippen LogP contribution is -1.96. The first-order chi connectivity index (χ1) is 14.2. The maximum Gasteiger partial charge on any atom is 0.267 e. The van der Waals surface area contributed by atoms with Crippen LogP contribution in [0.3, 0.4) is 0 Å². The molecule has 152 valence electrons. The molecule has 0 amide bonds. The molecule has 0 aliphatic heterocycles. The molecule has 0 N–H and O–H groups in total. The highest BCUT2D eigenvalue weighted by atomic mass is 16.6. The maximum atomic E-state index is 5.34. The van der Waals surface area contributed by atoms with Gasteiger partial charge in [-0.3, -0.25) is 0 Å². The van der Waals surface area contributed by atoms with Crippen LogP contribution in [0.15, 0.2) is 46.1 Å². The molecule has 0 aliphatic rings. The lowest BCUT2D eigenvalue weighted by molar-refractivity contribution is 0.107. The van der Waals surface area contributed by atoms with Crippen molar-refractivity contribution in [3.05, 3.63) is 47.9 Å². The highest BCUT2D eigenvalue weighted by Crippen LogP contribution is 2.31. The van der Waals surface area contributed by atoms with Crippen molar-refractivity contribution in [2.24, 2.45) is 5.16 Å². The van der Waals surface area contributed by atoms with Gasteiger partial charge in [0.2, 0.25) is 5.82 Å². The number of hydrogen-bond donors (Lipinski definition) is 0. The van der Waals surface area contributed by atoms with Crippen LogP contribution >= 0.6 is 0 Å². The van der Waals surface area contributed by atoms with Gasteiger partial charge in [0.05, 0.1) is 34.7 Å². The van der Waals surface area contributed by atoms with Crippen LogP contribution in [0.2, 0.25) is 0 Å². The van der Waals surface area contributed by atoms with Gasteiger partial charge in [-0.05, 0) is 30.3 Å². The molecule has 9 heteroatoms. The van der Waals surface area contributed by atoms with E-state index in [4.69, 9.17) is 28.3 Å². The number of aromatic nitrogens is 2. The van der Waals surface area contributed by atoms with E-state index in [1.165, 1.54) is 6.21 Å². The molecule has 9 nitrogen and oxygen atoms in total. The summed E-state index contributed by atoms with van der Waals surface area (Å²) in [6, 6.07) is 10.8. The van der Waals surface area contributed by atoms with Gasteiger partial charge in [0.15, 0.2) is 29.6 Å². The van der Waals surface area contributed by atoms with E-state index in [0.29, 0.717) is 34.4 Å². The number of oxime groups is 1. The second kappa shape index (κ2) is 9.45. The lowest BCUT2D eigenvalue weighted by Gasteiger charge is -2.09. The minimum atomic E-state index is 0.0169. The third kappa shape index (κ3) is 4.57. The van der Waals surface area contributed by atoms with Gasteiger partial charge in [-0.2, -0.15) is 4.98 Å². The van der Waals surface area contributed by atoms with Crippen molar-refractivity contribution in [3.63, 3.8) is 0 Å². The fourth-order valence-electron chi connectivity index (χ4n) is 2.61. The monoisotopic (exact) mass is 399 g/mol. The van der Waals surface area contributed by atoms with Gasteiger partial charge < -0.3 is 28.3 Å². The van der Waals surface area contributed by atoms with Crippen LogP contribution in [-0.4, -0.2) is 44.8 Å². The van der Waals surface area contributed by atoms with Crippen molar-refractivity contribution >= 4 is 6.21 Å². The molecule has 0 atom stereocenters. The van der Waals surface area contributed by atoms with E-state index in [1.807, 2.05) is 18.2 Å². The van der Waals surface area contributed by atoms with Crippen molar-refractivity contribution < 1.29 is 28.3 Å².